The van der Waals surface area contributed by atoms with E-state index in [0.29, 0.717) is 4.96 Å². The fourth-order valence-corrected chi connectivity index (χ4v) is 4.64. The molecule has 0 saturated carbocycles. The molecule has 0 radical (unpaired) electrons. The molecule has 8 nitrogen and oxygen atoms in total. The van der Waals surface area contributed by atoms with E-state index in [1.165, 1.54) is 21.9 Å². The maximum Gasteiger partial charge on any atom is 0.271 e. The molecule has 4 rings (SSSR count). The monoisotopic (exact) mass is 412 g/mol. The molecule has 3 aromatic heterocycles. The van der Waals surface area contributed by atoms with Gasteiger partial charge in [0.05, 0.1) is 0 Å². The van der Waals surface area contributed by atoms with Crippen LogP contribution in [0.2, 0.25) is 0 Å². The van der Waals surface area contributed by atoms with Crippen molar-refractivity contribution in [1.29, 1.82) is 0 Å². The minimum absolute atomic E-state index is 0.0215. The first kappa shape index (κ1) is 19.5. The van der Waals surface area contributed by atoms with E-state index in [-0.39, 0.29) is 23.1 Å². The second-order valence-electron chi connectivity index (χ2n) is 7.49. The first-order valence-electron chi connectivity index (χ1n) is 9.69. The highest BCUT2D eigenvalue weighted by molar-refractivity contribution is 7.17. The van der Waals surface area contributed by atoms with E-state index >= 15 is 0 Å². The van der Waals surface area contributed by atoms with Gasteiger partial charge in [0.15, 0.2) is 4.96 Å². The average Bonchev–Trinajstić information content (AvgIpc) is 2.96. The van der Waals surface area contributed by atoms with E-state index in [1.807, 2.05) is 33.8 Å². The Morgan fingerprint density at radius 3 is 2.59 bits per heavy atom. The molecular formula is C20H24N6O2S. The number of fused-ring (bicyclic) bond motifs is 1. The fraction of sp³-hybridized carbons (Fsp3) is 0.450. The van der Waals surface area contributed by atoms with E-state index in [2.05, 4.69) is 25.2 Å². The third-order valence-electron chi connectivity index (χ3n) is 5.37. The van der Waals surface area contributed by atoms with Crippen LogP contribution < -0.4 is 15.8 Å². The van der Waals surface area contributed by atoms with Crippen LogP contribution in [-0.2, 0) is 0 Å². The molecule has 0 unspecified atom stereocenters. The molecule has 152 valence electrons. The molecule has 0 aliphatic carbocycles. The molecule has 3 aromatic rings. The van der Waals surface area contributed by atoms with Crippen molar-refractivity contribution in [3.05, 3.63) is 50.3 Å². The summed E-state index contributed by atoms with van der Waals surface area (Å²) in [5.74, 6) is 1.33. The zero-order chi connectivity index (χ0) is 20.7. The minimum Gasteiger partial charge on any atom is -0.356 e. The van der Waals surface area contributed by atoms with Crippen LogP contribution in [0.3, 0.4) is 0 Å². The Bertz CT molecular complexity index is 1120. The van der Waals surface area contributed by atoms with Crippen molar-refractivity contribution in [2.24, 2.45) is 0 Å². The van der Waals surface area contributed by atoms with Gasteiger partial charge in [-0.15, -0.1) is 11.3 Å². The number of rotatable bonds is 3. The zero-order valence-corrected chi connectivity index (χ0v) is 17.8. The van der Waals surface area contributed by atoms with Crippen LogP contribution >= 0.6 is 11.3 Å². The lowest BCUT2D eigenvalue weighted by Gasteiger charge is -2.33. The minimum atomic E-state index is -0.354. The van der Waals surface area contributed by atoms with Crippen LogP contribution in [0, 0.1) is 27.7 Å². The first-order chi connectivity index (χ1) is 13.8. The molecular weight excluding hydrogens is 388 g/mol. The first-order valence-corrected chi connectivity index (χ1v) is 10.5. The number of nitrogens with one attached hydrogen (secondary N) is 1. The summed E-state index contributed by atoms with van der Waals surface area (Å²) in [7, 11) is 0. The summed E-state index contributed by atoms with van der Waals surface area (Å²) in [6.07, 6.45) is 2.98. The Morgan fingerprint density at radius 1 is 1.17 bits per heavy atom. The van der Waals surface area contributed by atoms with Gasteiger partial charge in [0, 0.05) is 47.7 Å². The molecule has 0 spiro atoms. The Balaban J connectivity index is 1.45. The molecule has 1 aliphatic heterocycles. The van der Waals surface area contributed by atoms with Crippen LogP contribution in [0.1, 0.15) is 45.3 Å². The summed E-state index contributed by atoms with van der Waals surface area (Å²) in [6, 6.07) is 2.01. The van der Waals surface area contributed by atoms with E-state index in [0.717, 1.165) is 53.8 Å². The third kappa shape index (κ3) is 3.74. The van der Waals surface area contributed by atoms with Gasteiger partial charge in [-0.2, -0.15) is 0 Å². The van der Waals surface area contributed by atoms with E-state index in [1.54, 1.807) is 0 Å². The lowest BCUT2D eigenvalue weighted by Crippen LogP contribution is -2.46. The van der Waals surface area contributed by atoms with Crippen molar-refractivity contribution in [3.8, 4) is 0 Å². The van der Waals surface area contributed by atoms with Crippen molar-refractivity contribution in [3.63, 3.8) is 0 Å². The quantitative estimate of drug-likeness (QED) is 0.709. The lowest BCUT2D eigenvalue weighted by atomic mass is 10.0. The molecule has 9 heteroatoms. The predicted octanol–water partition coefficient (Wildman–Crippen LogP) is 2.18. The van der Waals surface area contributed by atoms with Gasteiger partial charge in [0.1, 0.15) is 17.2 Å². The maximum absolute atomic E-state index is 12.8. The van der Waals surface area contributed by atoms with E-state index in [4.69, 9.17) is 0 Å². The highest BCUT2D eigenvalue weighted by Gasteiger charge is 2.24. The standard InChI is InChI=1S/C20H24N6O2S/c1-11-9-17(23-14(4)22-11)25-7-5-15(6-8-25)24-18(27)16-10-21-20-26(19(16)28)12(2)13(3)29-20/h9-10,15H,5-8H2,1-4H3,(H,24,27). The number of hydrogen-bond donors (Lipinski definition) is 1. The van der Waals surface area contributed by atoms with Gasteiger partial charge in [-0.05, 0) is 40.5 Å². The van der Waals surface area contributed by atoms with Gasteiger partial charge >= 0.3 is 0 Å². The molecule has 0 atom stereocenters. The normalized spacial score (nSPS) is 15.1. The molecule has 1 fully saturated rings. The van der Waals surface area contributed by atoms with E-state index < -0.39 is 0 Å². The average molecular weight is 413 g/mol. The van der Waals surface area contributed by atoms with Crippen molar-refractivity contribution < 1.29 is 4.79 Å². The number of piperidine rings is 1. The van der Waals surface area contributed by atoms with Crippen molar-refractivity contribution in [2.75, 3.05) is 18.0 Å². The number of carbonyl (C=O) groups is 1. The van der Waals surface area contributed by atoms with E-state index in [9.17, 15) is 9.59 Å². The zero-order valence-electron chi connectivity index (χ0n) is 17.0. The highest BCUT2D eigenvalue weighted by atomic mass is 32.1. The van der Waals surface area contributed by atoms with Crippen molar-refractivity contribution in [1.82, 2.24) is 24.7 Å². The van der Waals surface area contributed by atoms with Gasteiger partial charge < -0.3 is 10.2 Å². The molecule has 1 saturated heterocycles. The summed E-state index contributed by atoms with van der Waals surface area (Å²) >= 11 is 1.45. The molecule has 0 bridgehead atoms. The summed E-state index contributed by atoms with van der Waals surface area (Å²) in [5.41, 5.74) is 1.57. The maximum atomic E-state index is 12.8. The topological polar surface area (TPSA) is 92.5 Å². The second kappa shape index (κ2) is 7.55. The molecule has 1 N–H and O–H groups in total. The Hall–Kier alpha value is -2.81. The van der Waals surface area contributed by atoms with Crippen LogP contribution in [0.4, 0.5) is 5.82 Å². The third-order valence-corrected chi connectivity index (χ3v) is 6.44. The molecule has 0 aromatic carbocycles. The van der Waals surface area contributed by atoms with Gasteiger partial charge in [0.2, 0.25) is 0 Å². The predicted molar refractivity (Wildman–Crippen MR) is 113 cm³/mol. The van der Waals surface area contributed by atoms with Crippen molar-refractivity contribution in [2.45, 2.75) is 46.6 Å². The summed E-state index contributed by atoms with van der Waals surface area (Å²) in [4.78, 5) is 42.5. The van der Waals surface area contributed by atoms with Crippen LogP contribution in [-0.4, -0.2) is 44.4 Å². The number of nitrogens with zero attached hydrogens (tertiary/aromatic N) is 5. The largest absolute Gasteiger partial charge is 0.356 e. The summed E-state index contributed by atoms with van der Waals surface area (Å²) in [6.45, 7) is 9.26. The second-order valence-corrected chi connectivity index (χ2v) is 8.67. The lowest BCUT2D eigenvalue weighted by molar-refractivity contribution is 0.0929. The van der Waals surface area contributed by atoms with Crippen LogP contribution in [0.5, 0.6) is 0 Å². The number of hydrogen-bond acceptors (Lipinski definition) is 7. The number of aryl methyl sites for hydroxylation is 4. The molecule has 29 heavy (non-hydrogen) atoms. The Kier molecular flexibility index (Phi) is 5.08. The smallest absolute Gasteiger partial charge is 0.271 e. The van der Waals surface area contributed by atoms with Gasteiger partial charge in [-0.1, -0.05) is 0 Å². The number of anilines is 1. The number of amides is 1. The number of thiazole rings is 1. The van der Waals surface area contributed by atoms with Gasteiger partial charge in [-0.25, -0.2) is 15.0 Å². The molecule has 1 amide bonds. The Labute approximate surface area is 172 Å². The summed E-state index contributed by atoms with van der Waals surface area (Å²) < 4.78 is 1.53. The summed E-state index contributed by atoms with van der Waals surface area (Å²) in [5, 5.41) is 3.01. The number of carbonyl (C=O) groups excluding carboxylic acids is 1. The van der Waals surface area contributed by atoms with Gasteiger partial charge in [-0.3, -0.25) is 14.0 Å². The molecule has 4 heterocycles. The van der Waals surface area contributed by atoms with Crippen LogP contribution in [0.15, 0.2) is 17.1 Å². The number of aromatic nitrogens is 4. The fourth-order valence-electron chi connectivity index (χ4n) is 3.71. The van der Waals surface area contributed by atoms with Crippen molar-refractivity contribution >= 4 is 28.0 Å². The highest BCUT2D eigenvalue weighted by Crippen LogP contribution is 2.20. The van der Waals surface area contributed by atoms with Crippen LogP contribution in [0.25, 0.3) is 4.96 Å². The molecule has 1 aliphatic rings. The van der Waals surface area contributed by atoms with Gasteiger partial charge in [0.25, 0.3) is 11.5 Å². The Morgan fingerprint density at radius 2 is 1.90 bits per heavy atom. The SMILES string of the molecule is Cc1cc(N2CCC(NC(=O)c3cnc4sc(C)c(C)n4c3=O)CC2)nc(C)n1.